The lowest BCUT2D eigenvalue weighted by Gasteiger charge is -2.19. The van der Waals surface area contributed by atoms with Crippen molar-refractivity contribution in [1.29, 1.82) is 0 Å². The molecule has 0 radical (unpaired) electrons. The number of carbonyl (C=O) groups is 1. The lowest BCUT2D eigenvalue weighted by molar-refractivity contribution is 0.0778. The highest BCUT2D eigenvalue weighted by Gasteiger charge is 2.08. The monoisotopic (exact) mass is 251 g/mol. The number of hydrogen-bond donors (Lipinski definition) is 1. The maximum atomic E-state index is 11.2. The molecule has 100 valence electrons. The van der Waals surface area contributed by atoms with Crippen molar-refractivity contribution < 1.29 is 14.6 Å². The quantitative estimate of drug-likeness (QED) is 0.748. The van der Waals surface area contributed by atoms with Gasteiger partial charge in [0.15, 0.2) is 5.78 Å². The molecule has 4 nitrogen and oxygen atoms in total. The van der Waals surface area contributed by atoms with E-state index in [2.05, 4.69) is 0 Å². The van der Waals surface area contributed by atoms with Gasteiger partial charge in [0.2, 0.25) is 0 Å². The Bertz CT molecular complexity index is 392. The molecule has 1 atom stereocenters. The molecule has 0 bridgehead atoms. The summed E-state index contributed by atoms with van der Waals surface area (Å²) in [4.78, 5) is 13.2. The Morgan fingerprint density at radius 2 is 2.22 bits per heavy atom. The van der Waals surface area contributed by atoms with Crippen LogP contribution in [0.5, 0.6) is 5.75 Å². The highest BCUT2D eigenvalue weighted by atomic mass is 16.5. The molecule has 0 heterocycles. The smallest absolute Gasteiger partial charge is 0.159 e. The van der Waals surface area contributed by atoms with E-state index >= 15 is 0 Å². The third kappa shape index (κ3) is 4.85. The summed E-state index contributed by atoms with van der Waals surface area (Å²) in [5, 5.41) is 9.76. The molecule has 18 heavy (non-hydrogen) atoms. The number of hydrogen-bond acceptors (Lipinski definition) is 4. The van der Waals surface area contributed by atoms with E-state index in [1.54, 1.807) is 24.3 Å². The lowest BCUT2D eigenvalue weighted by atomic mass is 10.1. The molecule has 0 fully saturated rings. The summed E-state index contributed by atoms with van der Waals surface area (Å²) in [5.74, 6) is 0.618. The molecule has 0 saturated heterocycles. The molecule has 1 N–H and O–H groups in total. The van der Waals surface area contributed by atoms with Gasteiger partial charge in [-0.2, -0.15) is 0 Å². The van der Waals surface area contributed by atoms with E-state index in [1.165, 1.54) is 6.92 Å². The molecule has 4 heteroatoms. The third-order valence-corrected chi connectivity index (χ3v) is 2.75. The van der Waals surface area contributed by atoms with Crippen molar-refractivity contribution in [3.05, 3.63) is 29.8 Å². The van der Waals surface area contributed by atoms with Crippen LogP contribution in [0.1, 0.15) is 24.2 Å². The number of ether oxygens (including phenoxy) is 1. The molecule has 1 unspecified atom stereocenters. The van der Waals surface area contributed by atoms with Gasteiger partial charge in [0.05, 0.1) is 0 Å². The van der Waals surface area contributed by atoms with Crippen LogP contribution in [0.25, 0.3) is 0 Å². The zero-order valence-electron chi connectivity index (χ0n) is 11.2. The number of rotatable bonds is 7. The zero-order valence-corrected chi connectivity index (χ0v) is 11.2. The molecule has 0 saturated carbocycles. The van der Waals surface area contributed by atoms with Crippen LogP contribution in [0.2, 0.25) is 0 Å². The summed E-state index contributed by atoms with van der Waals surface area (Å²) in [5.41, 5.74) is 0.618. The van der Waals surface area contributed by atoms with E-state index in [4.69, 9.17) is 4.74 Å². The summed E-state index contributed by atoms with van der Waals surface area (Å²) < 4.78 is 5.48. The second-order valence-electron chi connectivity index (χ2n) is 4.40. The largest absolute Gasteiger partial charge is 0.491 e. The first-order valence-electron chi connectivity index (χ1n) is 6.13. The van der Waals surface area contributed by atoms with E-state index in [0.29, 0.717) is 17.9 Å². The van der Waals surface area contributed by atoms with Crippen molar-refractivity contribution >= 4 is 5.78 Å². The summed E-state index contributed by atoms with van der Waals surface area (Å²) in [6, 6.07) is 6.99. The number of benzene rings is 1. The van der Waals surface area contributed by atoms with Gasteiger partial charge in [-0.15, -0.1) is 0 Å². The Morgan fingerprint density at radius 1 is 1.50 bits per heavy atom. The predicted molar refractivity (Wildman–Crippen MR) is 71.1 cm³/mol. The van der Waals surface area contributed by atoms with Crippen LogP contribution < -0.4 is 4.74 Å². The summed E-state index contributed by atoms with van der Waals surface area (Å²) in [6.45, 7) is 5.24. The fraction of sp³-hybridized carbons (Fsp3) is 0.500. The van der Waals surface area contributed by atoms with E-state index in [9.17, 15) is 9.90 Å². The zero-order chi connectivity index (χ0) is 13.5. The Morgan fingerprint density at radius 3 is 2.83 bits per heavy atom. The van der Waals surface area contributed by atoms with Crippen LogP contribution in [0.4, 0.5) is 0 Å². The minimum absolute atomic E-state index is 0.00622. The van der Waals surface area contributed by atoms with Gasteiger partial charge in [-0.3, -0.25) is 4.79 Å². The summed E-state index contributed by atoms with van der Waals surface area (Å²) >= 11 is 0. The van der Waals surface area contributed by atoms with E-state index in [-0.39, 0.29) is 12.4 Å². The van der Waals surface area contributed by atoms with E-state index in [1.807, 2.05) is 18.9 Å². The van der Waals surface area contributed by atoms with E-state index in [0.717, 1.165) is 6.54 Å². The second kappa shape index (κ2) is 7.13. The fourth-order valence-corrected chi connectivity index (χ4v) is 1.54. The van der Waals surface area contributed by atoms with Crippen LogP contribution >= 0.6 is 0 Å². The first-order chi connectivity index (χ1) is 8.52. The third-order valence-electron chi connectivity index (χ3n) is 2.75. The first kappa shape index (κ1) is 14.7. The van der Waals surface area contributed by atoms with Gasteiger partial charge in [-0.25, -0.2) is 0 Å². The average Bonchev–Trinajstić information content (AvgIpc) is 2.36. The Kier molecular flexibility index (Phi) is 5.82. The topological polar surface area (TPSA) is 49.8 Å². The number of aliphatic hydroxyl groups excluding tert-OH is 1. The van der Waals surface area contributed by atoms with Crippen molar-refractivity contribution in [2.45, 2.75) is 20.0 Å². The van der Waals surface area contributed by atoms with Crippen molar-refractivity contribution in [2.75, 3.05) is 26.7 Å². The van der Waals surface area contributed by atoms with Crippen molar-refractivity contribution in [3.63, 3.8) is 0 Å². The Labute approximate surface area is 108 Å². The molecular weight excluding hydrogens is 230 g/mol. The number of nitrogens with zero attached hydrogens (tertiary/aromatic N) is 1. The number of aliphatic hydroxyl groups is 1. The fourth-order valence-electron chi connectivity index (χ4n) is 1.54. The molecule has 0 amide bonds. The second-order valence-corrected chi connectivity index (χ2v) is 4.40. The number of likely N-dealkylation sites (N-methyl/N-ethyl adjacent to an activating group) is 1. The molecule has 0 aromatic heterocycles. The molecule has 1 aromatic rings. The van der Waals surface area contributed by atoms with Gasteiger partial charge in [0, 0.05) is 12.1 Å². The van der Waals surface area contributed by atoms with Gasteiger partial charge in [0.1, 0.15) is 18.5 Å². The van der Waals surface area contributed by atoms with Crippen LogP contribution in [0.15, 0.2) is 24.3 Å². The maximum Gasteiger partial charge on any atom is 0.159 e. The number of Topliss-reactive ketones (excluding diaryl/α,β-unsaturated/α-hetero) is 1. The minimum atomic E-state index is -0.532. The molecule has 0 spiro atoms. The van der Waals surface area contributed by atoms with Crippen molar-refractivity contribution in [2.24, 2.45) is 0 Å². The normalized spacial score (nSPS) is 12.5. The Hall–Kier alpha value is -1.39. The van der Waals surface area contributed by atoms with Gasteiger partial charge in [-0.05, 0) is 32.6 Å². The van der Waals surface area contributed by atoms with Crippen molar-refractivity contribution in [1.82, 2.24) is 4.90 Å². The van der Waals surface area contributed by atoms with Crippen LogP contribution in [0, 0.1) is 0 Å². The average molecular weight is 251 g/mol. The van der Waals surface area contributed by atoms with E-state index < -0.39 is 6.10 Å². The molecule has 0 aliphatic rings. The predicted octanol–water partition coefficient (Wildman–Crippen LogP) is 1.58. The highest BCUT2D eigenvalue weighted by Crippen LogP contribution is 2.14. The molecule has 0 aliphatic heterocycles. The van der Waals surface area contributed by atoms with Gasteiger partial charge < -0.3 is 14.7 Å². The summed E-state index contributed by atoms with van der Waals surface area (Å²) in [6.07, 6.45) is -0.532. The molecule has 0 aliphatic carbocycles. The van der Waals surface area contributed by atoms with Crippen LogP contribution in [-0.4, -0.2) is 48.6 Å². The van der Waals surface area contributed by atoms with Gasteiger partial charge in [0.25, 0.3) is 0 Å². The molecule has 1 rings (SSSR count). The van der Waals surface area contributed by atoms with Gasteiger partial charge >= 0.3 is 0 Å². The maximum absolute atomic E-state index is 11.2. The van der Waals surface area contributed by atoms with Gasteiger partial charge in [-0.1, -0.05) is 19.1 Å². The first-order valence-corrected chi connectivity index (χ1v) is 6.13. The van der Waals surface area contributed by atoms with Crippen LogP contribution in [0.3, 0.4) is 0 Å². The molecular formula is C14H21NO3. The van der Waals surface area contributed by atoms with Crippen molar-refractivity contribution in [3.8, 4) is 5.75 Å². The summed E-state index contributed by atoms with van der Waals surface area (Å²) in [7, 11) is 1.94. The number of ketones is 1. The Balaban J connectivity index is 2.48. The lowest BCUT2D eigenvalue weighted by Crippen LogP contribution is -2.32. The minimum Gasteiger partial charge on any atom is -0.491 e. The highest BCUT2D eigenvalue weighted by molar-refractivity contribution is 5.94. The van der Waals surface area contributed by atoms with Crippen LogP contribution in [-0.2, 0) is 0 Å². The molecule has 1 aromatic carbocycles. The number of carbonyl (C=O) groups excluding carboxylic acids is 1. The standard InChI is InChI=1S/C14H21NO3/c1-4-15(3)9-13(17)10-18-14-7-5-6-12(8-14)11(2)16/h5-8,13,17H,4,9-10H2,1-3H3. The SMILES string of the molecule is CCN(C)CC(O)COc1cccc(C(C)=O)c1.